The van der Waals surface area contributed by atoms with Crippen LogP contribution in [-0.4, -0.2) is 17.4 Å². The third kappa shape index (κ3) is 2.76. The molecule has 1 rings (SSSR count). The van der Waals surface area contributed by atoms with Crippen LogP contribution in [0.15, 0.2) is 0 Å². The molecule has 0 aromatic rings. The van der Waals surface area contributed by atoms with Crippen molar-refractivity contribution in [2.24, 2.45) is 5.92 Å². The number of hydrogen-bond donors (Lipinski definition) is 0. The van der Waals surface area contributed by atoms with Crippen LogP contribution in [0, 0.1) is 5.92 Å². The molecule has 2 nitrogen and oxygen atoms in total. The second kappa shape index (κ2) is 3.44. The van der Waals surface area contributed by atoms with Gasteiger partial charge >= 0.3 is 5.97 Å². The summed E-state index contributed by atoms with van der Waals surface area (Å²) in [7, 11) is 0. The summed E-state index contributed by atoms with van der Waals surface area (Å²) in [5.74, 6) is 0.0336. The van der Waals surface area contributed by atoms with Crippen molar-refractivity contribution in [3.8, 4) is 0 Å². The van der Waals surface area contributed by atoms with Gasteiger partial charge in [-0.05, 0) is 18.8 Å². The van der Waals surface area contributed by atoms with Crippen molar-refractivity contribution in [1.82, 2.24) is 0 Å². The van der Waals surface area contributed by atoms with E-state index in [0.29, 0.717) is 12.5 Å². The third-order valence-electron chi connectivity index (χ3n) is 1.34. The molecule has 0 aromatic heterocycles. The lowest BCUT2D eigenvalue weighted by atomic mass is 10.5. The van der Waals surface area contributed by atoms with Crippen LogP contribution in [0.4, 0.5) is 0 Å². The van der Waals surface area contributed by atoms with Crippen LogP contribution < -0.4 is 0 Å². The molecule has 0 amide bonds. The molecular weight excluding hydrogens is 175 g/mol. The van der Waals surface area contributed by atoms with Crippen molar-refractivity contribution < 1.29 is 9.53 Å². The minimum atomic E-state index is -1.03. The summed E-state index contributed by atoms with van der Waals surface area (Å²) in [5.41, 5.74) is 0. The first-order valence-electron chi connectivity index (χ1n) is 3.15. The lowest BCUT2D eigenvalue weighted by Gasteiger charge is -2.01. The molecule has 0 bridgehead atoms. The predicted molar refractivity (Wildman–Crippen MR) is 39.2 cm³/mol. The lowest BCUT2D eigenvalue weighted by Crippen LogP contribution is -2.13. The number of carbonyl (C=O) groups excluding carboxylic acids is 1. The maximum atomic E-state index is 10.6. The van der Waals surface area contributed by atoms with Gasteiger partial charge in [0.1, 0.15) is 0 Å². The van der Waals surface area contributed by atoms with Gasteiger partial charge in [-0.25, -0.2) is 4.79 Å². The van der Waals surface area contributed by atoms with Gasteiger partial charge in [-0.15, -0.1) is 0 Å². The van der Waals surface area contributed by atoms with Crippen molar-refractivity contribution in [2.75, 3.05) is 6.61 Å². The van der Waals surface area contributed by atoms with Gasteiger partial charge in [0.25, 0.3) is 0 Å². The van der Waals surface area contributed by atoms with Crippen LogP contribution >= 0.6 is 23.2 Å². The number of hydrogen-bond acceptors (Lipinski definition) is 2. The topological polar surface area (TPSA) is 26.3 Å². The molecule has 0 aliphatic heterocycles. The van der Waals surface area contributed by atoms with Crippen molar-refractivity contribution in [1.29, 1.82) is 0 Å². The highest BCUT2D eigenvalue weighted by Crippen LogP contribution is 2.29. The summed E-state index contributed by atoms with van der Waals surface area (Å²) in [5, 5.41) is 0. The van der Waals surface area contributed by atoms with Crippen molar-refractivity contribution >= 4 is 29.2 Å². The average Bonchev–Trinajstić information content (AvgIpc) is 2.64. The van der Waals surface area contributed by atoms with Crippen LogP contribution in [0.1, 0.15) is 12.8 Å². The summed E-state index contributed by atoms with van der Waals surface area (Å²) in [6, 6.07) is 0. The SMILES string of the molecule is O=C(OCC1CC1)C(Cl)Cl. The van der Waals surface area contributed by atoms with Crippen molar-refractivity contribution in [3.63, 3.8) is 0 Å². The molecular formula is C6H8Cl2O2. The van der Waals surface area contributed by atoms with E-state index in [1.54, 1.807) is 0 Å². The number of halogens is 2. The zero-order valence-electron chi connectivity index (χ0n) is 5.35. The van der Waals surface area contributed by atoms with Gasteiger partial charge in [-0.3, -0.25) is 0 Å². The predicted octanol–water partition coefficient (Wildman–Crippen LogP) is 1.74. The van der Waals surface area contributed by atoms with E-state index in [1.165, 1.54) is 0 Å². The van der Waals surface area contributed by atoms with Gasteiger partial charge in [-0.2, -0.15) is 0 Å². The Morgan fingerprint density at radius 1 is 1.60 bits per heavy atom. The first-order chi connectivity index (χ1) is 4.70. The summed E-state index contributed by atoms with van der Waals surface area (Å²) in [6.07, 6.45) is 2.31. The minimum Gasteiger partial charge on any atom is -0.463 e. The van der Waals surface area contributed by atoms with Gasteiger partial charge in [0.15, 0.2) is 0 Å². The number of rotatable bonds is 3. The number of carbonyl (C=O) groups is 1. The zero-order valence-corrected chi connectivity index (χ0v) is 6.86. The van der Waals surface area contributed by atoms with E-state index in [1.807, 2.05) is 0 Å². The average molecular weight is 183 g/mol. The Hall–Kier alpha value is 0.0500. The Labute approximate surface area is 69.4 Å². The van der Waals surface area contributed by atoms with Crippen LogP contribution in [0.5, 0.6) is 0 Å². The highest BCUT2D eigenvalue weighted by atomic mass is 35.5. The van der Waals surface area contributed by atoms with Crippen LogP contribution in [0.25, 0.3) is 0 Å². The maximum Gasteiger partial charge on any atom is 0.339 e. The Morgan fingerprint density at radius 3 is 2.60 bits per heavy atom. The zero-order chi connectivity index (χ0) is 7.56. The molecule has 1 saturated carbocycles. The van der Waals surface area contributed by atoms with Crippen molar-refractivity contribution in [2.45, 2.75) is 17.7 Å². The summed E-state index contributed by atoms with van der Waals surface area (Å²) < 4.78 is 4.72. The molecule has 1 fully saturated rings. The van der Waals surface area contributed by atoms with Crippen LogP contribution in [0.2, 0.25) is 0 Å². The molecule has 0 radical (unpaired) electrons. The Balaban J connectivity index is 2.05. The Morgan fingerprint density at radius 2 is 2.20 bits per heavy atom. The van der Waals surface area contributed by atoms with Gasteiger partial charge in [0.2, 0.25) is 4.84 Å². The fourth-order valence-electron chi connectivity index (χ4n) is 0.547. The summed E-state index contributed by atoms with van der Waals surface area (Å²) in [4.78, 5) is 9.56. The first-order valence-corrected chi connectivity index (χ1v) is 4.02. The van der Waals surface area contributed by atoms with E-state index in [4.69, 9.17) is 27.9 Å². The Bertz CT molecular complexity index is 132. The molecule has 0 heterocycles. The van der Waals surface area contributed by atoms with E-state index in [-0.39, 0.29) is 0 Å². The molecule has 4 heteroatoms. The van der Waals surface area contributed by atoms with E-state index in [0.717, 1.165) is 12.8 Å². The van der Waals surface area contributed by atoms with Gasteiger partial charge < -0.3 is 4.74 Å². The molecule has 0 saturated heterocycles. The van der Waals surface area contributed by atoms with Crippen molar-refractivity contribution in [3.05, 3.63) is 0 Å². The van der Waals surface area contributed by atoms with Crippen LogP contribution in [0.3, 0.4) is 0 Å². The molecule has 0 N–H and O–H groups in total. The number of alkyl halides is 2. The van der Waals surface area contributed by atoms with E-state index < -0.39 is 10.8 Å². The monoisotopic (exact) mass is 182 g/mol. The molecule has 0 aromatic carbocycles. The third-order valence-corrected chi connectivity index (χ3v) is 1.69. The van der Waals surface area contributed by atoms with E-state index in [9.17, 15) is 4.79 Å². The molecule has 58 valence electrons. The van der Waals surface area contributed by atoms with Crippen LogP contribution in [-0.2, 0) is 9.53 Å². The molecule has 0 unspecified atom stereocenters. The van der Waals surface area contributed by atoms with E-state index >= 15 is 0 Å². The standard InChI is InChI=1S/C6H8Cl2O2/c7-5(8)6(9)10-3-4-1-2-4/h4-5H,1-3H2. The molecule has 1 aliphatic carbocycles. The number of esters is 1. The lowest BCUT2D eigenvalue weighted by molar-refractivity contribution is -0.142. The smallest absolute Gasteiger partial charge is 0.339 e. The molecule has 1 aliphatic rings. The minimum absolute atomic E-state index is 0.481. The highest BCUT2D eigenvalue weighted by molar-refractivity contribution is 6.52. The fraction of sp³-hybridized carbons (Fsp3) is 0.833. The van der Waals surface area contributed by atoms with E-state index in [2.05, 4.69) is 0 Å². The molecule has 0 spiro atoms. The molecule has 10 heavy (non-hydrogen) atoms. The van der Waals surface area contributed by atoms with Gasteiger partial charge in [0, 0.05) is 0 Å². The summed E-state index contributed by atoms with van der Waals surface area (Å²) in [6.45, 7) is 0.481. The highest BCUT2D eigenvalue weighted by Gasteiger charge is 2.24. The second-order valence-corrected chi connectivity index (χ2v) is 3.47. The van der Waals surface area contributed by atoms with Gasteiger partial charge in [0.05, 0.1) is 6.61 Å². The normalized spacial score (nSPS) is 17.5. The van der Waals surface area contributed by atoms with Gasteiger partial charge in [-0.1, -0.05) is 23.2 Å². The Kier molecular flexibility index (Phi) is 2.81. The fourth-order valence-corrected chi connectivity index (χ4v) is 0.673. The first kappa shape index (κ1) is 8.15. The molecule has 0 atom stereocenters. The maximum absolute atomic E-state index is 10.6. The second-order valence-electron chi connectivity index (χ2n) is 2.37. The largest absolute Gasteiger partial charge is 0.463 e. The quantitative estimate of drug-likeness (QED) is 0.492. The summed E-state index contributed by atoms with van der Waals surface area (Å²) >= 11 is 10.4. The number of ether oxygens (including phenoxy) is 1.